The molecule has 0 saturated carbocycles. The van der Waals surface area contributed by atoms with E-state index in [1.807, 2.05) is 32.9 Å². The summed E-state index contributed by atoms with van der Waals surface area (Å²) in [7, 11) is 0. The zero-order valence-electron chi connectivity index (χ0n) is 14.4. The Bertz CT molecular complexity index is 481. The van der Waals surface area contributed by atoms with Crippen LogP contribution in [0.5, 0.6) is 0 Å². The van der Waals surface area contributed by atoms with E-state index in [9.17, 15) is 4.79 Å². The third-order valence-electron chi connectivity index (χ3n) is 2.74. The van der Waals surface area contributed by atoms with E-state index in [0.717, 1.165) is 24.5 Å². The summed E-state index contributed by atoms with van der Waals surface area (Å²) in [6.07, 6.45) is 4.49. The van der Waals surface area contributed by atoms with Crippen LogP contribution in [-0.4, -0.2) is 49.0 Å². The molecule has 6 nitrogen and oxygen atoms in total. The van der Waals surface area contributed by atoms with Gasteiger partial charge in [-0.25, -0.2) is 4.99 Å². The predicted octanol–water partition coefficient (Wildman–Crippen LogP) is 1.64. The topological polar surface area (TPSA) is 78.7 Å². The molecule has 3 N–H and O–H groups in total. The molecule has 1 heterocycles. The molecular formula is C16H28N4O2S. The predicted molar refractivity (Wildman–Crippen MR) is 97.0 cm³/mol. The third kappa shape index (κ3) is 9.89. The number of aliphatic imine (C=N–C) groups is 1. The van der Waals surface area contributed by atoms with Crippen molar-refractivity contribution in [2.75, 3.05) is 31.6 Å². The number of nitrogens with one attached hydrogen (secondary N) is 3. The Morgan fingerprint density at radius 1 is 1.30 bits per heavy atom. The largest absolute Gasteiger partial charge is 0.469 e. The number of furan rings is 1. The van der Waals surface area contributed by atoms with Gasteiger partial charge in [0.2, 0.25) is 5.91 Å². The molecule has 130 valence electrons. The van der Waals surface area contributed by atoms with Crippen molar-refractivity contribution < 1.29 is 9.21 Å². The summed E-state index contributed by atoms with van der Waals surface area (Å²) in [5.41, 5.74) is -0.244. The average Bonchev–Trinajstić information content (AvgIpc) is 2.95. The van der Waals surface area contributed by atoms with Gasteiger partial charge in [-0.3, -0.25) is 4.79 Å². The SMILES string of the molecule is CSCCNC(=NCC(=O)NC(C)(C)C)NCCc1ccco1. The Kier molecular flexibility index (Phi) is 8.61. The van der Waals surface area contributed by atoms with E-state index in [1.54, 1.807) is 18.0 Å². The average molecular weight is 340 g/mol. The molecule has 1 rings (SSSR count). The highest BCUT2D eigenvalue weighted by Crippen LogP contribution is 2.00. The quantitative estimate of drug-likeness (QED) is 0.381. The van der Waals surface area contributed by atoms with Crippen LogP contribution >= 0.6 is 11.8 Å². The van der Waals surface area contributed by atoms with E-state index in [2.05, 4.69) is 27.2 Å². The van der Waals surface area contributed by atoms with Gasteiger partial charge in [0, 0.05) is 30.8 Å². The molecule has 0 aliphatic carbocycles. The first-order chi connectivity index (χ1) is 10.9. The number of carbonyl (C=O) groups excluding carboxylic acids is 1. The van der Waals surface area contributed by atoms with Crippen LogP contribution < -0.4 is 16.0 Å². The van der Waals surface area contributed by atoms with Crippen molar-refractivity contribution >= 4 is 23.6 Å². The first-order valence-corrected chi connectivity index (χ1v) is 9.14. The molecular weight excluding hydrogens is 312 g/mol. The van der Waals surface area contributed by atoms with E-state index >= 15 is 0 Å². The fraction of sp³-hybridized carbons (Fsp3) is 0.625. The van der Waals surface area contributed by atoms with Gasteiger partial charge in [0.05, 0.1) is 6.26 Å². The lowest BCUT2D eigenvalue weighted by Crippen LogP contribution is -2.43. The Labute approximate surface area is 142 Å². The zero-order chi connectivity index (χ0) is 17.1. The van der Waals surface area contributed by atoms with Crippen molar-refractivity contribution in [2.24, 2.45) is 4.99 Å². The number of guanidine groups is 1. The van der Waals surface area contributed by atoms with Gasteiger partial charge in [0.15, 0.2) is 5.96 Å². The smallest absolute Gasteiger partial charge is 0.242 e. The molecule has 0 aliphatic rings. The van der Waals surface area contributed by atoms with Crippen LogP contribution in [-0.2, 0) is 11.2 Å². The maximum atomic E-state index is 11.9. The van der Waals surface area contributed by atoms with E-state index in [-0.39, 0.29) is 18.0 Å². The number of amides is 1. The fourth-order valence-electron chi connectivity index (χ4n) is 1.81. The number of thioether (sulfide) groups is 1. The number of rotatable bonds is 8. The molecule has 0 bridgehead atoms. The van der Waals surface area contributed by atoms with Gasteiger partial charge >= 0.3 is 0 Å². The summed E-state index contributed by atoms with van der Waals surface area (Å²) < 4.78 is 5.30. The molecule has 1 amide bonds. The first-order valence-electron chi connectivity index (χ1n) is 7.75. The summed E-state index contributed by atoms with van der Waals surface area (Å²) in [5.74, 6) is 2.46. The Balaban J connectivity index is 2.45. The molecule has 23 heavy (non-hydrogen) atoms. The molecule has 0 aromatic carbocycles. The standard InChI is InChI=1S/C16H28N4O2S/c1-16(2,3)20-14(21)12-19-15(18-9-11-23-4)17-8-7-13-6-5-10-22-13/h5-6,10H,7-9,11-12H2,1-4H3,(H,20,21)(H2,17,18,19). The van der Waals surface area contributed by atoms with Crippen LogP contribution in [0.25, 0.3) is 0 Å². The van der Waals surface area contributed by atoms with Gasteiger partial charge < -0.3 is 20.4 Å². The van der Waals surface area contributed by atoms with E-state index in [1.165, 1.54) is 0 Å². The van der Waals surface area contributed by atoms with E-state index in [4.69, 9.17) is 4.42 Å². The monoisotopic (exact) mass is 340 g/mol. The van der Waals surface area contributed by atoms with Crippen LogP contribution in [0.2, 0.25) is 0 Å². The molecule has 7 heteroatoms. The summed E-state index contributed by atoms with van der Waals surface area (Å²) in [6.45, 7) is 7.45. The summed E-state index contributed by atoms with van der Waals surface area (Å²) in [4.78, 5) is 16.2. The Hall–Kier alpha value is -1.63. The van der Waals surface area contributed by atoms with Crippen molar-refractivity contribution in [1.29, 1.82) is 0 Å². The molecule has 0 fully saturated rings. The first kappa shape index (κ1) is 19.4. The van der Waals surface area contributed by atoms with Gasteiger partial charge in [-0.2, -0.15) is 11.8 Å². The molecule has 1 aromatic heterocycles. The molecule has 0 atom stereocenters. The Morgan fingerprint density at radius 3 is 2.65 bits per heavy atom. The minimum Gasteiger partial charge on any atom is -0.469 e. The number of hydrogen-bond donors (Lipinski definition) is 3. The van der Waals surface area contributed by atoms with Crippen LogP contribution in [0.4, 0.5) is 0 Å². The lowest BCUT2D eigenvalue weighted by atomic mass is 10.1. The van der Waals surface area contributed by atoms with Gasteiger partial charge in [0.25, 0.3) is 0 Å². The normalized spacial score (nSPS) is 12.1. The summed E-state index contributed by atoms with van der Waals surface area (Å²) in [6, 6.07) is 3.81. The second kappa shape index (κ2) is 10.2. The second-order valence-corrected chi connectivity index (χ2v) is 7.12. The second-order valence-electron chi connectivity index (χ2n) is 6.14. The molecule has 0 radical (unpaired) electrons. The Morgan fingerprint density at radius 2 is 2.04 bits per heavy atom. The van der Waals surface area contributed by atoms with Crippen LogP contribution in [0, 0.1) is 0 Å². The van der Waals surface area contributed by atoms with Crippen LogP contribution in [0.3, 0.4) is 0 Å². The molecule has 0 spiro atoms. The van der Waals surface area contributed by atoms with E-state index < -0.39 is 0 Å². The molecule has 1 aromatic rings. The summed E-state index contributed by atoms with van der Waals surface area (Å²) >= 11 is 1.76. The zero-order valence-corrected chi connectivity index (χ0v) is 15.3. The minimum absolute atomic E-state index is 0.0884. The van der Waals surface area contributed by atoms with Crippen molar-refractivity contribution in [2.45, 2.75) is 32.7 Å². The molecule has 0 aliphatic heterocycles. The van der Waals surface area contributed by atoms with Gasteiger partial charge in [-0.1, -0.05) is 0 Å². The van der Waals surface area contributed by atoms with Crippen LogP contribution in [0.15, 0.2) is 27.8 Å². The molecule has 0 unspecified atom stereocenters. The molecule has 0 saturated heterocycles. The van der Waals surface area contributed by atoms with Crippen molar-refractivity contribution in [3.05, 3.63) is 24.2 Å². The highest BCUT2D eigenvalue weighted by Gasteiger charge is 2.13. The number of nitrogens with zero attached hydrogens (tertiary/aromatic N) is 1. The fourth-order valence-corrected chi connectivity index (χ4v) is 2.12. The maximum absolute atomic E-state index is 11.9. The van der Waals surface area contributed by atoms with Crippen molar-refractivity contribution in [3.8, 4) is 0 Å². The maximum Gasteiger partial charge on any atom is 0.242 e. The van der Waals surface area contributed by atoms with Gasteiger partial charge in [0.1, 0.15) is 12.3 Å². The highest BCUT2D eigenvalue weighted by atomic mass is 32.2. The minimum atomic E-state index is -0.244. The number of hydrogen-bond acceptors (Lipinski definition) is 4. The van der Waals surface area contributed by atoms with Crippen molar-refractivity contribution in [1.82, 2.24) is 16.0 Å². The number of carbonyl (C=O) groups is 1. The third-order valence-corrected chi connectivity index (χ3v) is 3.35. The van der Waals surface area contributed by atoms with Gasteiger partial charge in [-0.05, 0) is 39.2 Å². The van der Waals surface area contributed by atoms with E-state index in [0.29, 0.717) is 12.5 Å². The summed E-state index contributed by atoms with van der Waals surface area (Å²) in [5, 5.41) is 9.35. The van der Waals surface area contributed by atoms with Gasteiger partial charge in [-0.15, -0.1) is 0 Å². The highest BCUT2D eigenvalue weighted by molar-refractivity contribution is 7.98. The van der Waals surface area contributed by atoms with Crippen molar-refractivity contribution in [3.63, 3.8) is 0 Å². The lowest BCUT2D eigenvalue weighted by Gasteiger charge is -2.20. The van der Waals surface area contributed by atoms with Crippen LogP contribution in [0.1, 0.15) is 26.5 Å². The lowest BCUT2D eigenvalue weighted by molar-refractivity contribution is -0.121.